The third-order valence-corrected chi connectivity index (χ3v) is 113. The third-order valence-electron chi connectivity index (χ3n) is 8.88. The van der Waals surface area contributed by atoms with Gasteiger partial charge in [0.1, 0.15) is 5.65 Å². The quantitative estimate of drug-likeness (QED) is 0.263. The number of nitrogens with zero attached hydrogens (tertiary/aromatic N) is 2. The summed E-state index contributed by atoms with van der Waals surface area (Å²) in [6, 6.07) is 8.26. The zero-order chi connectivity index (χ0) is 58.5. The van der Waals surface area contributed by atoms with Crippen molar-refractivity contribution in [3.63, 3.8) is 0 Å². The van der Waals surface area contributed by atoms with Gasteiger partial charge in [-0.15, -0.1) is 0 Å². The predicted molar refractivity (Wildman–Crippen MR) is 500 cm³/mol. The van der Waals surface area contributed by atoms with Crippen LogP contribution in [-0.4, -0.2) is 27.7 Å². The molecule has 3 heterocycles. The fraction of sp³-hybridized carbons (Fsp3) is 0.538. The summed E-state index contributed by atoms with van der Waals surface area (Å²) in [6.45, 7) is 17.0. The topological polar surface area (TPSA) is 52.8 Å². The first-order valence-corrected chi connectivity index (χ1v) is 84.6. The summed E-state index contributed by atoms with van der Waals surface area (Å²) in [5.74, 6) is 0. The Labute approximate surface area is 624 Å². The average Bonchev–Trinajstić information content (AvgIpc) is 2.69. The first-order chi connectivity index (χ1) is 39.1. The molecule has 470 valence electrons. The van der Waals surface area contributed by atoms with Crippen molar-refractivity contribution in [2.45, 2.75) is 91.3 Å². The molecule has 1 saturated heterocycles. The summed E-state index contributed by atoms with van der Waals surface area (Å²) in [5.41, 5.74) is 2.47. The number of rotatable bonds is 1. The van der Waals surface area contributed by atoms with E-state index in [4.69, 9.17) is 31.7 Å². The molecule has 0 amide bonds. The van der Waals surface area contributed by atoms with Crippen molar-refractivity contribution in [1.82, 2.24) is 9.38 Å². The monoisotopic (exact) mass is 2030 g/mol. The van der Waals surface area contributed by atoms with Crippen LogP contribution in [0.5, 0.6) is 0 Å². The van der Waals surface area contributed by atoms with E-state index in [0.717, 1.165) is 33.9 Å². The van der Waals surface area contributed by atoms with Crippen molar-refractivity contribution in [3.8, 4) is 0 Å². The smallest absolute Gasteiger partial charge is 0.399 e. The van der Waals surface area contributed by atoms with Crippen LogP contribution in [0.1, 0.15) is 80.5 Å². The minimum absolute atomic E-state index is 0. The van der Waals surface area contributed by atoms with Crippen LogP contribution < -0.4 is 11.0 Å². The molecule has 0 N–H and O–H groups in total. The fourth-order valence-electron chi connectivity index (χ4n) is 6.15. The molecule has 0 spiro atoms. The zero-order valence-corrected chi connectivity index (χ0v) is 81.0. The van der Waals surface area contributed by atoms with Crippen molar-refractivity contribution in [2.24, 2.45) is 0 Å². The molecule has 5 rings (SSSR count). The number of benzene rings is 1. The lowest BCUT2D eigenvalue weighted by Crippen LogP contribution is -2.41. The second-order valence-corrected chi connectivity index (χ2v) is 99.7. The number of pyridine rings is 1. The summed E-state index contributed by atoms with van der Waals surface area (Å²) in [6.07, 6.45) is 2.98. The molecule has 1 aromatic carbocycles. The lowest BCUT2D eigenvalue weighted by molar-refractivity contribution is 0.00578. The number of hydrogen-bond donors (Lipinski definition) is 0. The van der Waals surface area contributed by atoms with Gasteiger partial charge in [0.15, 0.2) is 0 Å². The minimum Gasteiger partial charge on any atom is -0.399 e. The Morgan fingerprint density at radius 2 is 0.707 bits per heavy atom. The van der Waals surface area contributed by atoms with E-state index in [-0.39, 0.29) is 35.0 Å². The minimum atomic E-state index is -0.416. The molecule has 0 saturated carbocycles. The van der Waals surface area contributed by atoms with Crippen molar-refractivity contribution in [3.05, 3.63) is 52.1 Å². The van der Waals surface area contributed by atoms with E-state index in [9.17, 15) is 4.79 Å². The molecule has 0 atom stereocenters. The van der Waals surface area contributed by atoms with Crippen molar-refractivity contribution >= 4 is 478 Å². The highest BCUT2D eigenvalue weighted by molar-refractivity contribution is 8.82. The molecular formula is C26H35BN2O3S50. The molecule has 1 aliphatic carbocycles. The summed E-state index contributed by atoms with van der Waals surface area (Å²) in [7, 11) is 85.3. The molecule has 82 heavy (non-hydrogen) atoms. The van der Waals surface area contributed by atoms with Gasteiger partial charge in [-0.1, -0.05) is 53.3 Å². The Kier molecular flexibility index (Phi) is 53.9. The van der Waals surface area contributed by atoms with E-state index in [0.29, 0.717) is 5.65 Å². The molecule has 2 aromatic heterocycles. The van der Waals surface area contributed by atoms with Crippen molar-refractivity contribution in [2.75, 3.05) is 0 Å². The van der Waals surface area contributed by atoms with Gasteiger partial charge in [0.05, 0.1) is 11.2 Å². The van der Waals surface area contributed by atoms with Gasteiger partial charge in [-0.2, -0.15) is 4.98 Å². The molecular weight excluding hydrogens is 2000 g/mol. The highest BCUT2D eigenvalue weighted by Gasteiger charge is 2.52. The van der Waals surface area contributed by atoms with Crippen LogP contribution in [0, 0.1) is 0 Å². The Morgan fingerprint density at radius 1 is 0.427 bits per heavy atom. The molecule has 1 aliphatic heterocycles. The standard InChI is InChI=1S/C25H31BN2O3.CH4.S50/c1-22(2)14-23(3,4)19-18(22)21(29)27-20-17-10-9-16(13-15(17)11-12-28(19)20)26-30-24(5,6)25(7,8)31-26;;1-3-5-7-9-11-13-15-17-19-21-23-25-27-29-31-33-35-37-39-41-43-45-47-49-50-48-46-44-42-40-38-36-34-32-30-28-26-24-22-20-18-16-14-12-10-8-6-4-2/h9-13H,14H2,1-8H3;1H4;. The highest BCUT2D eigenvalue weighted by Crippen LogP contribution is 2.47. The van der Waals surface area contributed by atoms with Gasteiger partial charge in [0.25, 0.3) is 5.56 Å². The van der Waals surface area contributed by atoms with Crippen molar-refractivity contribution < 1.29 is 9.31 Å². The normalized spacial score (nSPS) is 13.4. The molecule has 0 radical (unpaired) electrons. The third kappa shape index (κ3) is 35.5. The lowest BCUT2D eigenvalue weighted by atomic mass is 9.78. The van der Waals surface area contributed by atoms with Gasteiger partial charge in [-0.3, -0.25) is 4.79 Å². The van der Waals surface area contributed by atoms with Crippen LogP contribution in [0.4, 0.5) is 0 Å². The van der Waals surface area contributed by atoms with E-state index in [1.165, 1.54) is 17.8 Å². The van der Waals surface area contributed by atoms with E-state index < -0.39 is 7.12 Å². The molecule has 1 fully saturated rings. The van der Waals surface area contributed by atoms with Gasteiger partial charge in [0, 0.05) is 477 Å². The number of aromatic nitrogens is 2. The maximum Gasteiger partial charge on any atom is 0.494 e. The number of hydrogen-bond acceptors (Lipinski definition) is 6. The molecule has 0 bridgehead atoms. The van der Waals surface area contributed by atoms with Gasteiger partial charge in [0.2, 0.25) is 0 Å². The van der Waals surface area contributed by atoms with E-state index >= 15 is 0 Å². The number of fused-ring (bicyclic) bond motifs is 5. The molecule has 3 aromatic rings. The van der Waals surface area contributed by atoms with Crippen LogP contribution in [0.2, 0.25) is 0 Å². The highest BCUT2D eigenvalue weighted by atomic mass is 33.5. The van der Waals surface area contributed by atoms with Gasteiger partial charge < -0.3 is 13.7 Å². The van der Waals surface area contributed by atoms with E-state index in [2.05, 4.69) is 83.1 Å². The second kappa shape index (κ2) is 51.9. The lowest BCUT2D eigenvalue weighted by Gasteiger charge is -2.32. The SMILES string of the molecule is C.CC1(C)CC(C)(C)c2c1c(=O)nc1c3ccc(B4OC(C)(C)C(C)(C)O4)cc3ccn21.S=S=S=S=S=S=S=S=S=S=S=S=S=S=S=S=S=S=S=S=S=S=S=S=S=S=S=S=S=S=S=S=S=S=S=S=S=S=S=S=S=S=S=S=S=S=S=S=S=S. The maximum absolute atomic E-state index is 13.1. The van der Waals surface area contributed by atoms with Crippen LogP contribution in [-0.2, 0) is 469 Å². The Balaban J connectivity index is 0.000000466. The first-order valence-electron chi connectivity index (χ1n) is 19.3. The summed E-state index contributed by atoms with van der Waals surface area (Å²) in [4.78, 5) is 17.7. The Hall–Kier alpha value is 8.82. The maximum atomic E-state index is 13.1. The van der Waals surface area contributed by atoms with Crippen LogP contribution in [0.3, 0.4) is 0 Å². The largest absolute Gasteiger partial charge is 0.494 e. The average molecular weight is 2040 g/mol. The van der Waals surface area contributed by atoms with Crippen LogP contribution in [0.15, 0.2) is 35.3 Å². The van der Waals surface area contributed by atoms with E-state index in [1.807, 2.05) is 314 Å². The first kappa shape index (κ1) is 85.0. The molecule has 0 unspecified atom stereocenters. The Morgan fingerprint density at radius 3 is 0.988 bits per heavy atom. The fourth-order valence-corrected chi connectivity index (χ4v) is 132. The predicted octanol–water partition coefficient (Wildman–Crippen LogP) is 4.62. The van der Waals surface area contributed by atoms with E-state index in [1.54, 1.807) is 107 Å². The van der Waals surface area contributed by atoms with Crippen LogP contribution >= 0.6 is 0 Å². The summed E-state index contributed by atoms with van der Waals surface area (Å²) in [5, 5.41) is 1.98. The molecule has 2 aliphatic rings. The van der Waals surface area contributed by atoms with Gasteiger partial charge in [-0.05, 0) is 56.4 Å². The van der Waals surface area contributed by atoms with Gasteiger partial charge >= 0.3 is 7.12 Å². The summed E-state index contributed by atoms with van der Waals surface area (Å²) < 4.78 is 14.6. The van der Waals surface area contributed by atoms with Crippen LogP contribution in [0.25, 0.3) is 16.4 Å². The Bertz CT molecular complexity index is 5160. The second-order valence-electron chi connectivity index (χ2n) is 14.8. The zero-order valence-electron chi connectivity index (χ0n) is 40.2. The van der Waals surface area contributed by atoms with Crippen molar-refractivity contribution in [1.29, 1.82) is 0 Å². The molecule has 5 nitrogen and oxygen atoms in total. The summed E-state index contributed by atoms with van der Waals surface area (Å²) >= 11 is 9.62. The van der Waals surface area contributed by atoms with Gasteiger partial charge in [-0.25, -0.2) is 0 Å². The molecule has 56 heteroatoms.